The van der Waals surface area contributed by atoms with Crippen LogP contribution in [0.25, 0.3) is 0 Å². The van der Waals surface area contributed by atoms with E-state index in [1.807, 2.05) is 0 Å². The van der Waals surface area contributed by atoms with Crippen molar-refractivity contribution in [3.63, 3.8) is 0 Å². The predicted octanol–water partition coefficient (Wildman–Crippen LogP) is 4.96. The molecule has 1 aliphatic heterocycles. The van der Waals surface area contributed by atoms with Crippen molar-refractivity contribution in [1.82, 2.24) is 0 Å². The third-order valence-electron chi connectivity index (χ3n) is 5.33. The SMILES string of the molecule is Cc1cccc(C)c1N1C(=N)N(c2c(C)cccc2C)[C@@H](C)[C@H]1C. The van der Waals surface area contributed by atoms with Crippen molar-refractivity contribution >= 4 is 17.3 Å². The number of hydrogen-bond acceptors (Lipinski definition) is 1. The lowest BCUT2D eigenvalue weighted by atomic mass is 10.0. The highest BCUT2D eigenvalue weighted by atomic mass is 15.5. The maximum atomic E-state index is 8.94. The second kappa shape index (κ2) is 5.97. The molecule has 0 spiro atoms. The van der Waals surface area contributed by atoms with Crippen molar-refractivity contribution in [3.05, 3.63) is 58.7 Å². The van der Waals surface area contributed by atoms with Gasteiger partial charge in [-0.2, -0.15) is 0 Å². The van der Waals surface area contributed by atoms with E-state index in [0.29, 0.717) is 5.96 Å². The monoisotopic (exact) mass is 321 g/mol. The first kappa shape index (κ1) is 16.6. The zero-order valence-corrected chi connectivity index (χ0v) is 15.5. The van der Waals surface area contributed by atoms with E-state index in [4.69, 9.17) is 5.41 Å². The summed E-state index contributed by atoms with van der Waals surface area (Å²) in [4.78, 5) is 4.39. The number of nitrogens with zero attached hydrogens (tertiary/aromatic N) is 2. The van der Waals surface area contributed by atoms with Crippen molar-refractivity contribution in [3.8, 4) is 0 Å². The molecule has 0 saturated carbocycles. The number of nitrogens with one attached hydrogen (secondary N) is 1. The molecule has 0 unspecified atom stereocenters. The maximum absolute atomic E-state index is 8.94. The van der Waals surface area contributed by atoms with Gasteiger partial charge in [0, 0.05) is 11.4 Å². The average Bonchev–Trinajstić information content (AvgIpc) is 2.72. The van der Waals surface area contributed by atoms with Crippen molar-refractivity contribution in [2.45, 2.75) is 53.6 Å². The molecule has 0 amide bonds. The van der Waals surface area contributed by atoms with Crippen molar-refractivity contribution in [2.75, 3.05) is 9.80 Å². The van der Waals surface area contributed by atoms with Crippen LogP contribution in [0.4, 0.5) is 11.4 Å². The molecule has 0 aromatic heterocycles. The summed E-state index contributed by atoms with van der Waals surface area (Å²) in [5, 5.41) is 8.94. The Hall–Kier alpha value is -2.29. The van der Waals surface area contributed by atoms with Gasteiger partial charge in [-0.05, 0) is 63.8 Å². The van der Waals surface area contributed by atoms with E-state index in [1.165, 1.54) is 33.6 Å². The molecule has 0 aliphatic carbocycles. The zero-order chi connectivity index (χ0) is 17.6. The van der Waals surface area contributed by atoms with Gasteiger partial charge in [0.2, 0.25) is 5.96 Å². The fourth-order valence-corrected chi connectivity index (χ4v) is 3.92. The van der Waals surface area contributed by atoms with Gasteiger partial charge in [-0.25, -0.2) is 0 Å². The molecular formula is C21H27N3. The summed E-state index contributed by atoms with van der Waals surface area (Å²) in [6.45, 7) is 13.0. The van der Waals surface area contributed by atoms with Crippen molar-refractivity contribution in [1.29, 1.82) is 5.41 Å². The van der Waals surface area contributed by atoms with Gasteiger partial charge in [-0.1, -0.05) is 36.4 Å². The Morgan fingerprint density at radius 3 is 1.25 bits per heavy atom. The first-order valence-electron chi connectivity index (χ1n) is 8.64. The Morgan fingerprint density at radius 1 is 0.667 bits per heavy atom. The van der Waals surface area contributed by atoms with Crippen LogP contribution >= 0.6 is 0 Å². The predicted molar refractivity (Wildman–Crippen MR) is 103 cm³/mol. The second-order valence-electron chi connectivity index (χ2n) is 7.03. The molecule has 1 aliphatic rings. The molecule has 3 nitrogen and oxygen atoms in total. The highest BCUT2D eigenvalue weighted by Crippen LogP contribution is 2.38. The van der Waals surface area contributed by atoms with E-state index in [2.05, 4.69) is 87.7 Å². The van der Waals surface area contributed by atoms with Crippen LogP contribution in [0.2, 0.25) is 0 Å². The van der Waals surface area contributed by atoms with E-state index in [-0.39, 0.29) is 12.1 Å². The van der Waals surface area contributed by atoms with Crippen molar-refractivity contribution in [2.24, 2.45) is 0 Å². The molecule has 1 N–H and O–H groups in total. The number of para-hydroxylation sites is 2. The Kier molecular flexibility index (Phi) is 4.12. The summed E-state index contributed by atoms with van der Waals surface area (Å²) in [6.07, 6.45) is 0. The van der Waals surface area contributed by atoms with Gasteiger partial charge in [0.1, 0.15) is 0 Å². The van der Waals surface area contributed by atoms with E-state index in [1.54, 1.807) is 0 Å². The third-order valence-corrected chi connectivity index (χ3v) is 5.33. The zero-order valence-electron chi connectivity index (χ0n) is 15.5. The van der Waals surface area contributed by atoms with E-state index in [0.717, 1.165) is 0 Å². The third kappa shape index (κ3) is 2.39. The fourth-order valence-electron chi connectivity index (χ4n) is 3.92. The maximum Gasteiger partial charge on any atom is 0.203 e. The summed E-state index contributed by atoms with van der Waals surface area (Å²) in [7, 11) is 0. The van der Waals surface area contributed by atoms with Crippen LogP contribution in [0.5, 0.6) is 0 Å². The van der Waals surface area contributed by atoms with Crippen LogP contribution in [-0.4, -0.2) is 18.0 Å². The minimum atomic E-state index is 0.247. The Balaban J connectivity index is 2.13. The quantitative estimate of drug-likeness (QED) is 0.847. The Labute approximate surface area is 145 Å². The molecule has 1 fully saturated rings. The molecule has 2 aromatic carbocycles. The number of hydrogen-bond donors (Lipinski definition) is 1. The van der Waals surface area contributed by atoms with E-state index in [9.17, 15) is 0 Å². The molecule has 24 heavy (non-hydrogen) atoms. The van der Waals surface area contributed by atoms with Crippen LogP contribution < -0.4 is 9.80 Å². The largest absolute Gasteiger partial charge is 0.307 e. The molecule has 2 aromatic rings. The molecule has 1 saturated heterocycles. The van der Waals surface area contributed by atoms with Crippen LogP contribution in [0, 0.1) is 33.1 Å². The number of rotatable bonds is 2. The average molecular weight is 321 g/mol. The van der Waals surface area contributed by atoms with Crippen molar-refractivity contribution < 1.29 is 0 Å². The smallest absolute Gasteiger partial charge is 0.203 e. The normalized spacial score (nSPS) is 20.8. The Bertz CT molecular complexity index is 688. The molecule has 0 bridgehead atoms. The number of anilines is 2. The summed E-state index contributed by atoms with van der Waals surface area (Å²) in [6, 6.07) is 13.2. The lowest BCUT2D eigenvalue weighted by Crippen LogP contribution is -2.36. The van der Waals surface area contributed by atoms with Gasteiger partial charge >= 0.3 is 0 Å². The molecule has 3 heteroatoms. The van der Waals surface area contributed by atoms with Crippen LogP contribution in [0.1, 0.15) is 36.1 Å². The standard InChI is InChI=1S/C21H27N3/c1-13-9-7-10-14(2)19(13)23-17(5)18(6)24(21(23)22)20-15(3)11-8-12-16(20)4/h7-12,17-18,22H,1-6H3/t17-,18+. The molecule has 1 heterocycles. The molecule has 2 atom stereocenters. The highest BCUT2D eigenvalue weighted by Gasteiger charge is 2.41. The van der Waals surface area contributed by atoms with Gasteiger partial charge in [-0.3, -0.25) is 5.41 Å². The molecular weight excluding hydrogens is 294 g/mol. The van der Waals surface area contributed by atoms with E-state index < -0.39 is 0 Å². The second-order valence-corrected chi connectivity index (χ2v) is 7.03. The summed E-state index contributed by atoms with van der Waals surface area (Å²) >= 11 is 0. The fraction of sp³-hybridized carbons (Fsp3) is 0.381. The Morgan fingerprint density at radius 2 is 0.958 bits per heavy atom. The lowest BCUT2D eigenvalue weighted by molar-refractivity contribution is 0.644. The van der Waals surface area contributed by atoms with Crippen LogP contribution in [-0.2, 0) is 0 Å². The summed E-state index contributed by atoms with van der Waals surface area (Å²) in [5.41, 5.74) is 7.25. The van der Waals surface area contributed by atoms with Gasteiger partial charge in [-0.15, -0.1) is 0 Å². The first-order valence-corrected chi connectivity index (χ1v) is 8.64. The number of benzene rings is 2. The minimum Gasteiger partial charge on any atom is -0.307 e. The summed E-state index contributed by atoms with van der Waals surface area (Å²) < 4.78 is 0. The van der Waals surface area contributed by atoms with Gasteiger partial charge in [0.05, 0.1) is 12.1 Å². The summed E-state index contributed by atoms with van der Waals surface area (Å²) in [5.74, 6) is 0.574. The first-order chi connectivity index (χ1) is 11.3. The minimum absolute atomic E-state index is 0.247. The van der Waals surface area contributed by atoms with E-state index >= 15 is 0 Å². The number of guanidine groups is 1. The molecule has 0 radical (unpaired) electrons. The van der Waals surface area contributed by atoms with Gasteiger partial charge < -0.3 is 9.80 Å². The topological polar surface area (TPSA) is 30.3 Å². The van der Waals surface area contributed by atoms with Crippen LogP contribution in [0.3, 0.4) is 0 Å². The van der Waals surface area contributed by atoms with Crippen LogP contribution in [0.15, 0.2) is 36.4 Å². The lowest BCUT2D eigenvalue weighted by Gasteiger charge is -2.28. The number of aryl methyl sites for hydroxylation is 4. The highest BCUT2D eigenvalue weighted by molar-refractivity contribution is 6.10. The van der Waals surface area contributed by atoms with Gasteiger partial charge in [0.15, 0.2) is 0 Å². The molecule has 126 valence electrons. The molecule has 3 rings (SSSR count). The van der Waals surface area contributed by atoms with Gasteiger partial charge in [0.25, 0.3) is 0 Å².